The molecule has 1 aliphatic rings. The number of sulfonamides is 1. The largest absolute Gasteiger partial charge is 0.388 e. The highest BCUT2D eigenvalue weighted by Gasteiger charge is 2.36. The summed E-state index contributed by atoms with van der Waals surface area (Å²) in [4.78, 5) is 9.90. The van der Waals surface area contributed by atoms with Gasteiger partial charge in [-0.05, 0) is 18.1 Å². The van der Waals surface area contributed by atoms with Crippen LogP contribution >= 0.6 is 11.6 Å². The zero-order valence-electron chi connectivity index (χ0n) is 15.3. The highest BCUT2D eigenvalue weighted by atomic mass is 35.5. The van der Waals surface area contributed by atoms with Crippen LogP contribution in [0, 0.1) is 29.2 Å². The molecule has 0 unspecified atom stereocenters. The van der Waals surface area contributed by atoms with Gasteiger partial charge in [-0.1, -0.05) is 18.5 Å². The van der Waals surface area contributed by atoms with Gasteiger partial charge in [-0.2, -0.15) is 4.31 Å². The molecule has 0 atom stereocenters. The zero-order chi connectivity index (χ0) is 21.9. The molecule has 158 valence electrons. The number of benzene rings is 2. The number of rotatable bonds is 4. The monoisotopic (exact) mass is 452 g/mol. The maximum Gasteiger partial charge on any atom is 0.246 e. The quantitative estimate of drug-likeness (QED) is 0.431. The van der Waals surface area contributed by atoms with Crippen LogP contribution < -0.4 is 5.32 Å². The van der Waals surface area contributed by atoms with Crippen LogP contribution in [0.5, 0.6) is 0 Å². The van der Waals surface area contributed by atoms with E-state index >= 15 is 0 Å². The van der Waals surface area contributed by atoms with E-state index in [9.17, 15) is 30.8 Å². The Hall–Kier alpha value is -2.17. The summed E-state index contributed by atoms with van der Waals surface area (Å²) < 4.78 is 76.8. The number of carbonyl (C=O) groups excluding carboxylic acids is 1. The molecule has 0 aliphatic carbocycles. The number of hydrogen-bond acceptors (Lipinski definition) is 4. The fourth-order valence-electron chi connectivity index (χ4n) is 2.51. The number of halogens is 5. The van der Waals surface area contributed by atoms with E-state index in [0.29, 0.717) is 24.8 Å². The Morgan fingerprint density at radius 3 is 2.17 bits per heavy atom. The molecule has 1 N–H and O–H groups in total. The lowest BCUT2D eigenvalue weighted by Gasteiger charge is -2.35. The third-order valence-corrected chi connectivity index (χ3v) is 6.22. The van der Waals surface area contributed by atoms with Crippen LogP contribution in [-0.2, 0) is 10.0 Å². The van der Waals surface area contributed by atoms with Gasteiger partial charge in [0.2, 0.25) is 10.0 Å². The number of carbonyl (C=O) groups is 1. The van der Waals surface area contributed by atoms with Gasteiger partial charge in [0.15, 0.2) is 17.9 Å². The fraction of sp³-hybridized carbons (Fsp3) is 0.278. The average Bonchev–Trinajstić information content (AvgIpc) is 2.63. The van der Waals surface area contributed by atoms with E-state index in [1.54, 1.807) is 7.05 Å². The van der Waals surface area contributed by atoms with E-state index in [-0.39, 0.29) is 17.2 Å². The van der Waals surface area contributed by atoms with Crippen molar-refractivity contribution >= 4 is 33.6 Å². The van der Waals surface area contributed by atoms with Crippen LogP contribution in [0.3, 0.4) is 0 Å². The third-order valence-electron chi connectivity index (χ3n) is 4.10. The van der Waals surface area contributed by atoms with Gasteiger partial charge in [-0.25, -0.2) is 26.0 Å². The van der Waals surface area contributed by atoms with Crippen molar-refractivity contribution in [1.82, 2.24) is 4.31 Å². The first kappa shape index (κ1) is 23.1. The molecule has 1 heterocycles. The minimum Gasteiger partial charge on any atom is -0.388 e. The van der Waals surface area contributed by atoms with E-state index in [1.165, 1.54) is 6.07 Å². The summed E-state index contributed by atoms with van der Waals surface area (Å²) in [6.45, 7) is 2.47. The van der Waals surface area contributed by atoms with E-state index in [4.69, 9.17) is 11.6 Å². The SMILES string of the molecule is CC1CN(S(=O)(=O)c2cc(C=O)c(F)cc2F)C1.CNc1cc(F)c(F)c(Cl)c1. The van der Waals surface area contributed by atoms with Crippen LogP contribution in [0.25, 0.3) is 0 Å². The van der Waals surface area contributed by atoms with E-state index in [2.05, 4.69) is 5.32 Å². The Labute approximate surface area is 170 Å². The summed E-state index contributed by atoms with van der Waals surface area (Å²) >= 11 is 5.34. The average molecular weight is 453 g/mol. The Balaban J connectivity index is 0.000000234. The minimum absolute atomic E-state index is 0.159. The second kappa shape index (κ2) is 9.10. The van der Waals surface area contributed by atoms with Crippen LogP contribution in [0.2, 0.25) is 5.02 Å². The van der Waals surface area contributed by atoms with Gasteiger partial charge in [0, 0.05) is 38.0 Å². The van der Waals surface area contributed by atoms with Crippen molar-refractivity contribution in [3.63, 3.8) is 0 Å². The summed E-state index contributed by atoms with van der Waals surface area (Å²) in [5, 5.41) is 2.43. The Bertz CT molecular complexity index is 1010. The number of nitrogens with one attached hydrogen (secondary N) is 1. The minimum atomic E-state index is -3.98. The maximum atomic E-state index is 13.5. The number of aldehydes is 1. The van der Waals surface area contributed by atoms with Gasteiger partial charge < -0.3 is 5.32 Å². The lowest BCUT2D eigenvalue weighted by molar-refractivity contribution is 0.111. The normalized spacial score (nSPS) is 14.6. The molecule has 2 aromatic carbocycles. The molecule has 0 spiro atoms. The molecule has 5 nitrogen and oxygen atoms in total. The second-order valence-electron chi connectivity index (χ2n) is 6.35. The molecule has 11 heteroatoms. The summed E-state index contributed by atoms with van der Waals surface area (Å²) in [6.07, 6.45) is 0.159. The molecule has 0 amide bonds. The van der Waals surface area contributed by atoms with Gasteiger partial charge in [0.05, 0.1) is 10.6 Å². The van der Waals surface area contributed by atoms with Crippen molar-refractivity contribution in [3.8, 4) is 0 Å². The Kier molecular flexibility index (Phi) is 7.25. The van der Waals surface area contributed by atoms with Crippen molar-refractivity contribution in [2.24, 2.45) is 5.92 Å². The molecule has 3 rings (SSSR count). The second-order valence-corrected chi connectivity index (χ2v) is 8.67. The van der Waals surface area contributed by atoms with Gasteiger partial charge in [0.1, 0.15) is 16.5 Å². The molecule has 1 fully saturated rings. The Morgan fingerprint density at radius 2 is 1.69 bits per heavy atom. The topological polar surface area (TPSA) is 66.5 Å². The zero-order valence-corrected chi connectivity index (χ0v) is 16.9. The van der Waals surface area contributed by atoms with Crippen LogP contribution in [0.4, 0.5) is 23.2 Å². The lowest BCUT2D eigenvalue weighted by atomic mass is 10.1. The summed E-state index contributed by atoms with van der Waals surface area (Å²) in [5.74, 6) is -3.99. The summed E-state index contributed by atoms with van der Waals surface area (Å²) in [6, 6.07) is 3.51. The highest BCUT2D eigenvalue weighted by Crippen LogP contribution is 2.27. The first-order valence-corrected chi connectivity index (χ1v) is 10.1. The predicted octanol–water partition coefficient (Wildman–Crippen LogP) is 4.08. The van der Waals surface area contributed by atoms with Crippen molar-refractivity contribution in [1.29, 1.82) is 0 Å². The molecular formula is C18H17ClF4N2O3S. The smallest absolute Gasteiger partial charge is 0.246 e. The maximum absolute atomic E-state index is 13.5. The number of anilines is 1. The fourth-order valence-corrected chi connectivity index (χ4v) is 4.48. The number of nitrogens with zero attached hydrogens (tertiary/aromatic N) is 1. The first-order chi connectivity index (χ1) is 13.5. The molecule has 1 aliphatic heterocycles. The van der Waals surface area contributed by atoms with Gasteiger partial charge >= 0.3 is 0 Å². The molecule has 1 saturated heterocycles. The Morgan fingerprint density at radius 1 is 1.07 bits per heavy atom. The summed E-state index contributed by atoms with van der Waals surface area (Å²) in [7, 11) is -2.38. The van der Waals surface area contributed by atoms with Crippen LogP contribution in [0.15, 0.2) is 29.2 Å². The van der Waals surface area contributed by atoms with Gasteiger partial charge in [0.25, 0.3) is 0 Å². The summed E-state index contributed by atoms with van der Waals surface area (Å²) in [5.41, 5.74) is -0.0163. The van der Waals surface area contributed by atoms with Crippen LogP contribution in [-0.4, -0.2) is 39.1 Å². The predicted molar refractivity (Wildman–Crippen MR) is 101 cm³/mol. The first-order valence-electron chi connectivity index (χ1n) is 8.28. The van der Waals surface area contributed by atoms with Crippen LogP contribution in [0.1, 0.15) is 17.3 Å². The van der Waals surface area contributed by atoms with Crippen molar-refractivity contribution in [2.75, 3.05) is 25.5 Å². The standard InChI is InChI=1S/C11H11F2NO3S.C7H6ClF2N/c1-7-4-14(5-7)18(16,17)11-2-8(6-15)9(12)3-10(11)13;1-11-4-2-5(8)7(10)6(9)3-4/h2-3,6-7H,4-5H2,1H3;2-3,11H,1H3. The molecule has 0 radical (unpaired) electrons. The van der Waals surface area contributed by atoms with E-state index in [1.807, 2.05) is 6.92 Å². The lowest BCUT2D eigenvalue weighted by Crippen LogP contribution is -2.48. The third kappa shape index (κ3) is 5.06. The molecule has 29 heavy (non-hydrogen) atoms. The van der Waals surface area contributed by atoms with Gasteiger partial charge in [-0.3, -0.25) is 4.79 Å². The molecule has 2 aromatic rings. The molecule has 0 aromatic heterocycles. The van der Waals surface area contributed by atoms with Crippen molar-refractivity contribution < 1.29 is 30.8 Å². The number of hydrogen-bond donors (Lipinski definition) is 1. The molecule has 0 bridgehead atoms. The van der Waals surface area contributed by atoms with Crippen molar-refractivity contribution in [3.05, 3.63) is 58.1 Å². The van der Waals surface area contributed by atoms with E-state index < -0.39 is 43.8 Å². The van der Waals surface area contributed by atoms with Crippen molar-refractivity contribution in [2.45, 2.75) is 11.8 Å². The van der Waals surface area contributed by atoms with Gasteiger partial charge in [-0.15, -0.1) is 0 Å². The van der Waals surface area contributed by atoms with E-state index in [0.717, 1.165) is 16.4 Å². The molecule has 0 saturated carbocycles. The molecular weight excluding hydrogens is 436 g/mol. The highest BCUT2D eigenvalue weighted by molar-refractivity contribution is 7.89.